The van der Waals surface area contributed by atoms with Gasteiger partial charge in [0.15, 0.2) is 11.6 Å². The minimum atomic E-state index is -0.446. The van der Waals surface area contributed by atoms with Gasteiger partial charge in [0.25, 0.3) is 0 Å². The first kappa shape index (κ1) is 12.5. The topological polar surface area (TPSA) is 38.2 Å². The first-order valence-electron chi connectivity index (χ1n) is 5.57. The van der Waals surface area contributed by atoms with E-state index in [-0.39, 0.29) is 17.2 Å². The average Bonchev–Trinajstić information content (AvgIpc) is 2.33. The summed E-state index contributed by atoms with van der Waals surface area (Å²) in [6.45, 7) is 3.52. The van der Waals surface area contributed by atoms with E-state index in [1.54, 1.807) is 7.11 Å². The summed E-state index contributed by atoms with van der Waals surface area (Å²) in [6, 6.07) is 0. The molecule has 6 heteroatoms. The molecule has 0 aliphatic carbocycles. The van der Waals surface area contributed by atoms with E-state index in [9.17, 15) is 4.39 Å². The van der Waals surface area contributed by atoms with Gasteiger partial charge >= 0.3 is 0 Å². The molecule has 0 N–H and O–H groups in total. The first-order chi connectivity index (χ1) is 8.11. The molecule has 1 saturated heterocycles. The van der Waals surface area contributed by atoms with Gasteiger partial charge < -0.3 is 9.64 Å². The fourth-order valence-electron chi connectivity index (χ4n) is 2.09. The van der Waals surface area contributed by atoms with Crippen molar-refractivity contribution in [3.8, 4) is 0 Å². The van der Waals surface area contributed by atoms with Gasteiger partial charge in [-0.05, 0) is 23.9 Å². The fourth-order valence-corrected chi connectivity index (χ4v) is 2.22. The molecule has 2 rings (SSSR count). The lowest BCUT2D eigenvalue weighted by molar-refractivity contribution is 0.0494. The molecule has 0 bridgehead atoms. The predicted molar refractivity (Wildman–Crippen MR) is 63.8 cm³/mol. The molecule has 2 atom stereocenters. The number of piperidine rings is 1. The van der Waals surface area contributed by atoms with Gasteiger partial charge in [0.1, 0.15) is 0 Å². The number of methoxy groups -OCH3 is 1. The molecule has 0 saturated carbocycles. The highest BCUT2D eigenvalue weighted by Crippen LogP contribution is 2.25. The van der Waals surface area contributed by atoms with E-state index in [0.29, 0.717) is 12.5 Å². The van der Waals surface area contributed by atoms with Crippen molar-refractivity contribution in [2.24, 2.45) is 5.92 Å². The Hall–Kier alpha value is -0.940. The second-order valence-electron chi connectivity index (χ2n) is 4.30. The number of nitrogens with zero attached hydrogens (tertiary/aromatic N) is 3. The molecule has 1 aromatic rings. The number of anilines is 1. The largest absolute Gasteiger partial charge is 0.379 e. The number of halogens is 2. The molecule has 17 heavy (non-hydrogen) atoms. The molecule has 2 heterocycles. The lowest BCUT2D eigenvalue weighted by Gasteiger charge is -2.36. The van der Waals surface area contributed by atoms with Gasteiger partial charge in [0, 0.05) is 20.2 Å². The second-order valence-corrected chi connectivity index (χ2v) is 4.63. The average molecular weight is 260 g/mol. The van der Waals surface area contributed by atoms with Crippen molar-refractivity contribution >= 4 is 17.4 Å². The maximum atomic E-state index is 13.6. The summed E-state index contributed by atoms with van der Waals surface area (Å²) in [5.74, 6) is 0.286. The Labute approximate surface area is 105 Å². The number of hydrogen-bond acceptors (Lipinski definition) is 4. The highest BCUT2D eigenvalue weighted by Gasteiger charge is 2.28. The molecule has 1 aliphatic rings. The van der Waals surface area contributed by atoms with Crippen molar-refractivity contribution in [1.29, 1.82) is 0 Å². The van der Waals surface area contributed by atoms with E-state index in [4.69, 9.17) is 16.3 Å². The van der Waals surface area contributed by atoms with Crippen LogP contribution in [0.15, 0.2) is 6.20 Å². The summed E-state index contributed by atoms with van der Waals surface area (Å²) in [5.41, 5.74) is 0. The van der Waals surface area contributed by atoms with Gasteiger partial charge in [0.05, 0.1) is 12.3 Å². The summed E-state index contributed by atoms with van der Waals surface area (Å²) in [4.78, 5) is 9.41. The van der Waals surface area contributed by atoms with Crippen molar-refractivity contribution in [2.45, 2.75) is 19.4 Å². The predicted octanol–water partition coefficient (Wildman–Crippen LogP) is 2.13. The van der Waals surface area contributed by atoms with Crippen LogP contribution < -0.4 is 4.90 Å². The smallest absolute Gasteiger partial charge is 0.224 e. The molecule has 1 aromatic heterocycles. The normalized spacial score (nSPS) is 25.1. The van der Waals surface area contributed by atoms with Crippen LogP contribution in [0.4, 0.5) is 10.2 Å². The van der Waals surface area contributed by atoms with Crippen molar-refractivity contribution in [3.63, 3.8) is 0 Å². The van der Waals surface area contributed by atoms with E-state index in [1.807, 2.05) is 4.90 Å². The Balaban J connectivity index is 2.20. The van der Waals surface area contributed by atoms with Crippen LogP contribution in [0.2, 0.25) is 5.28 Å². The molecule has 1 aliphatic heterocycles. The van der Waals surface area contributed by atoms with Gasteiger partial charge in [-0.3, -0.25) is 0 Å². The number of ether oxygens (including phenoxy) is 1. The fraction of sp³-hybridized carbons (Fsp3) is 0.636. The highest BCUT2D eigenvalue weighted by atomic mass is 35.5. The third-order valence-corrected chi connectivity index (χ3v) is 3.37. The Bertz CT molecular complexity index is 404. The second kappa shape index (κ2) is 5.14. The summed E-state index contributed by atoms with van der Waals surface area (Å²) in [5, 5.41) is 0.0639. The molecule has 94 valence electrons. The summed E-state index contributed by atoms with van der Waals surface area (Å²) < 4.78 is 19.0. The number of hydrogen-bond donors (Lipinski definition) is 0. The standard InChI is InChI=1S/C11H15ClFN3O/c1-7-3-4-16(6-9(7)17-2)10-8(13)5-14-11(12)15-10/h5,7,9H,3-4,6H2,1-2H3. The molecular weight excluding hydrogens is 245 g/mol. The van der Waals surface area contributed by atoms with Crippen LogP contribution in [-0.4, -0.2) is 36.3 Å². The quantitative estimate of drug-likeness (QED) is 0.763. The van der Waals surface area contributed by atoms with Crippen LogP contribution in [0.1, 0.15) is 13.3 Å². The van der Waals surface area contributed by atoms with Crippen molar-refractivity contribution in [1.82, 2.24) is 9.97 Å². The number of aromatic nitrogens is 2. The Morgan fingerprint density at radius 2 is 2.35 bits per heavy atom. The first-order valence-corrected chi connectivity index (χ1v) is 5.95. The van der Waals surface area contributed by atoms with E-state index in [2.05, 4.69) is 16.9 Å². The van der Waals surface area contributed by atoms with E-state index < -0.39 is 5.82 Å². The Morgan fingerprint density at radius 3 is 3.06 bits per heavy atom. The third-order valence-electron chi connectivity index (χ3n) is 3.19. The van der Waals surface area contributed by atoms with E-state index in [0.717, 1.165) is 19.2 Å². The SMILES string of the molecule is COC1CN(c2nc(Cl)ncc2F)CCC1C. The Morgan fingerprint density at radius 1 is 1.59 bits per heavy atom. The summed E-state index contributed by atoms with van der Waals surface area (Å²) >= 11 is 5.69. The molecular formula is C11H15ClFN3O. The number of rotatable bonds is 2. The van der Waals surface area contributed by atoms with Crippen LogP contribution >= 0.6 is 11.6 Å². The molecule has 4 nitrogen and oxygen atoms in total. The maximum Gasteiger partial charge on any atom is 0.224 e. The van der Waals surface area contributed by atoms with Gasteiger partial charge in [-0.25, -0.2) is 9.37 Å². The van der Waals surface area contributed by atoms with Gasteiger partial charge in [0.2, 0.25) is 5.28 Å². The van der Waals surface area contributed by atoms with Gasteiger partial charge in [-0.2, -0.15) is 4.98 Å². The van der Waals surface area contributed by atoms with Crippen LogP contribution in [0, 0.1) is 11.7 Å². The molecule has 0 spiro atoms. The van der Waals surface area contributed by atoms with E-state index >= 15 is 0 Å². The summed E-state index contributed by atoms with van der Waals surface area (Å²) in [6.07, 6.45) is 2.14. The van der Waals surface area contributed by atoms with Crippen LogP contribution in [-0.2, 0) is 4.74 Å². The molecule has 2 unspecified atom stereocenters. The van der Waals surface area contributed by atoms with Crippen molar-refractivity contribution in [3.05, 3.63) is 17.3 Å². The van der Waals surface area contributed by atoms with Gasteiger partial charge in [-0.1, -0.05) is 6.92 Å². The van der Waals surface area contributed by atoms with Crippen LogP contribution in [0.3, 0.4) is 0 Å². The van der Waals surface area contributed by atoms with Gasteiger partial charge in [-0.15, -0.1) is 0 Å². The van der Waals surface area contributed by atoms with E-state index in [1.165, 1.54) is 0 Å². The lowest BCUT2D eigenvalue weighted by atomic mass is 9.96. The summed E-state index contributed by atoms with van der Waals surface area (Å²) in [7, 11) is 1.67. The zero-order chi connectivity index (χ0) is 12.4. The Kier molecular flexibility index (Phi) is 3.79. The zero-order valence-corrected chi connectivity index (χ0v) is 10.6. The van der Waals surface area contributed by atoms with Crippen LogP contribution in [0.5, 0.6) is 0 Å². The molecule has 0 amide bonds. The van der Waals surface area contributed by atoms with Crippen molar-refractivity contribution in [2.75, 3.05) is 25.1 Å². The minimum Gasteiger partial charge on any atom is -0.379 e. The zero-order valence-electron chi connectivity index (χ0n) is 9.86. The van der Waals surface area contributed by atoms with Crippen molar-refractivity contribution < 1.29 is 9.13 Å². The maximum absolute atomic E-state index is 13.6. The van der Waals surface area contributed by atoms with Crippen LogP contribution in [0.25, 0.3) is 0 Å². The highest BCUT2D eigenvalue weighted by molar-refractivity contribution is 6.28. The third kappa shape index (κ3) is 2.66. The monoisotopic (exact) mass is 259 g/mol. The molecule has 1 fully saturated rings. The molecule has 0 radical (unpaired) electrons. The minimum absolute atomic E-state index is 0.0639. The molecule has 0 aromatic carbocycles. The lowest BCUT2D eigenvalue weighted by Crippen LogP contribution is -2.44.